The first-order chi connectivity index (χ1) is 15.9. The Morgan fingerprint density at radius 2 is 0.912 bits per heavy atom. The molecule has 0 spiro atoms. The molecule has 4 saturated heterocycles. The third kappa shape index (κ3) is 7.01. The number of halogens is 2. The van der Waals surface area contributed by atoms with Crippen molar-refractivity contribution in [2.45, 2.75) is 129 Å². The van der Waals surface area contributed by atoms with E-state index >= 15 is 0 Å². The van der Waals surface area contributed by atoms with Crippen molar-refractivity contribution < 1.29 is 18.9 Å². The van der Waals surface area contributed by atoms with E-state index in [-0.39, 0.29) is 33.4 Å². The molecule has 0 N–H and O–H groups in total. The lowest BCUT2D eigenvalue weighted by Crippen LogP contribution is -2.40. The zero-order chi connectivity index (χ0) is 26.4. The van der Waals surface area contributed by atoms with Crippen LogP contribution in [0.15, 0.2) is 0 Å². The molecule has 0 saturated carbocycles. The fraction of sp³-hybridized carbons (Fsp3) is 1.00. The Kier molecular flexibility index (Phi) is 13.6. The van der Waals surface area contributed by atoms with Gasteiger partial charge in [0.05, 0.1) is 36.6 Å². The molecular weight excluding hydrogens is 560 g/mol. The molecule has 0 aliphatic carbocycles. The minimum Gasteiger partial charge on any atom is -0.371 e. The van der Waals surface area contributed by atoms with Crippen molar-refractivity contribution in [2.75, 3.05) is 13.2 Å². The highest BCUT2D eigenvalue weighted by molar-refractivity contribution is 9.09. The summed E-state index contributed by atoms with van der Waals surface area (Å²) in [4.78, 5) is 0. The van der Waals surface area contributed by atoms with Crippen molar-refractivity contribution in [1.29, 1.82) is 0 Å². The molecule has 4 aliphatic heterocycles. The first kappa shape index (κ1) is 32.8. The summed E-state index contributed by atoms with van der Waals surface area (Å²) in [5, 5.41) is 0.190. The van der Waals surface area contributed by atoms with Gasteiger partial charge in [-0.1, -0.05) is 115 Å². The number of rotatable bonds is 6. The van der Waals surface area contributed by atoms with Gasteiger partial charge in [0.2, 0.25) is 0 Å². The fourth-order valence-corrected chi connectivity index (χ4v) is 8.31. The maximum atomic E-state index is 6.12. The van der Waals surface area contributed by atoms with Gasteiger partial charge < -0.3 is 18.9 Å². The van der Waals surface area contributed by atoms with E-state index in [1.165, 1.54) is 0 Å². The maximum absolute atomic E-state index is 6.12. The van der Waals surface area contributed by atoms with Crippen LogP contribution in [-0.2, 0) is 18.9 Å². The Morgan fingerprint density at radius 1 is 0.618 bits per heavy atom. The van der Waals surface area contributed by atoms with Gasteiger partial charge in [0.15, 0.2) is 0 Å². The van der Waals surface area contributed by atoms with Crippen LogP contribution in [0.1, 0.15) is 95.9 Å². The Morgan fingerprint density at radius 3 is 1.12 bits per heavy atom. The van der Waals surface area contributed by atoms with Crippen LogP contribution in [0.2, 0.25) is 0 Å². The predicted octanol–water partition coefficient (Wildman–Crippen LogP) is 8.44. The molecule has 4 rings (SSSR count). The van der Waals surface area contributed by atoms with E-state index in [2.05, 4.69) is 87.2 Å². The summed E-state index contributed by atoms with van der Waals surface area (Å²) in [5.74, 6) is 3.66. The summed E-state index contributed by atoms with van der Waals surface area (Å²) in [6, 6.07) is 0. The van der Waals surface area contributed by atoms with Gasteiger partial charge in [0, 0.05) is 11.8 Å². The molecule has 34 heavy (non-hydrogen) atoms. The summed E-state index contributed by atoms with van der Waals surface area (Å²) in [7, 11) is 0. The first-order valence-corrected chi connectivity index (χ1v) is 15.6. The van der Waals surface area contributed by atoms with Crippen molar-refractivity contribution in [3.05, 3.63) is 0 Å². The van der Waals surface area contributed by atoms with E-state index in [1.54, 1.807) is 0 Å². The van der Waals surface area contributed by atoms with Crippen LogP contribution in [-0.4, -0.2) is 46.7 Å². The van der Waals surface area contributed by atoms with Crippen LogP contribution in [0.4, 0.5) is 0 Å². The third-order valence-corrected chi connectivity index (χ3v) is 8.53. The van der Waals surface area contributed by atoms with E-state index in [4.69, 9.17) is 18.9 Å². The molecule has 4 heterocycles. The average Bonchev–Trinajstić information content (AvgIpc) is 3.43. The molecule has 0 aromatic carbocycles. The monoisotopic (exact) mass is 612 g/mol. The molecule has 8 atom stereocenters. The van der Waals surface area contributed by atoms with Crippen molar-refractivity contribution in [3.8, 4) is 0 Å². The lowest BCUT2D eigenvalue weighted by Gasteiger charge is -2.33. The van der Waals surface area contributed by atoms with Crippen molar-refractivity contribution in [3.63, 3.8) is 0 Å². The zero-order valence-electron chi connectivity index (χ0n) is 24.0. The maximum Gasteiger partial charge on any atom is 0.139 e. The Hall–Kier alpha value is 0.800. The van der Waals surface area contributed by atoms with Crippen LogP contribution >= 0.6 is 31.9 Å². The topological polar surface area (TPSA) is 36.9 Å². The van der Waals surface area contributed by atoms with E-state index in [0.717, 1.165) is 26.1 Å². The van der Waals surface area contributed by atoms with Gasteiger partial charge in [-0.05, 0) is 36.5 Å². The van der Waals surface area contributed by atoms with Crippen LogP contribution in [0, 0.1) is 35.5 Å². The summed E-state index contributed by atoms with van der Waals surface area (Å²) in [6.07, 6.45) is 2.72. The van der Waals surface area contributed by atoms with Crippen molar-refractivity contribution in [2.24, 2.45) is 35.5 Å². The van der Waals surface area contributed by atoms with Crippen LogP contribution in [0.5, 0.6) is 0 Å². The smallest absolute Gasteiger partial charge is 0.139 e. The molecule has 8 unspecified atom stereocenters. The number of alkyl halides is 2. The molecule has 4 fully saturated rings. The minimum absolute atomic E-state index is 0.0266. The predicted molar refractivity (Wildman–Crippen MR) is 151 cm³/mol. The normalized spacial score (nSPS) is 39.7. The summed E-state index contributed by atoms with van der Waals surface area (Å²) < 4.78 is 24.0. The van der Waals surface area contributed by atoms with Crippen molar-refractivity contribution in [1.82, 2.24) is 0 Å². The van der Waals surface area contributed by atoms with Gasteiger partial charge in [-0.2, -0.15) is 0 Å². The average molecular weight is 615 g/mol. The van der Waals surface area contributed by atoms with Gasteiger partial charge in [-0.15, -0.1) is 0 Å². The van der Waals surface area contributed by atoms with Gasteiger partial charge >= 0.3 is 0 Å². The molecule has 4 nitrogen and oxygen atoms in total. The second kappa shape index (κ2) is 14.1. The first-order valence-electron chi connectivity index (χ1n) is 13.8. The number of fused-ring (bicyclic) bond motifs is 4. The van der Waals surface area contributed by atoms with Gasteiger partial charge in [0.25, 0.3) is 0 Å². The molecule has 0 amide bonds. The highest BCUT2D eigenvalue weighted by Gasteiger charge is 2.62. The second-order valence-corrected chi connectivity index (χ2v) is 13.2. The van der Waals surface area contributed by atoms with Gasteiger partial charge in [-0.3, -0.25) is 0 Å². The standard InChI is InChI=1S/2C12H21BrO2.2C2H6/c2*1-7(2)5-12-6-14-10(11(13)15-12)9(12)8(3)4;2*1-2/h2*7-11H,5-6H2,1-4H3;2*1-2H3. The lowest BCUT2D eigenvalue weighted by atomic mass is 9.76. The summed E-state index contributed by atoms with van der Waals surface area (Å²) >= 11 is 7.16. The Labute approximate surface area is 228 Å². The van der Waals surface area contributed by atoms with E-state index < -0.39 is 0 Å². The molecular formula is C28H54Br2O4. The highest BCUT2D eigenvalue weighted by atomic mass is 79.9. The minimum atomic E-state index is -0.0266. The Bertz CT molecular complexity index is 535. The molecule has 4 bridgehead atoms. The molecule has 4 aliphatic rings. The van der Waals surface area contributed by atoms with Crippen LogP contribution < -0.4 is 0 Å². The van der Waals surface area contributed by atoms with Gasteiger partial charge in [-0.25, -0.2) is 0 Å². The molecule has 0 radical (unpaired) electrons. The Balaban J connectivity index is 0.000000297. The summed E-state index contributed by atoms with van der Waals surface area (Å²) in [6.45, 7) is 27.7. The van der Waals surface area contributed by atoms with Crippen LogP contribution in [0.3, 0.4) is 0 Å². The molecule has 0 aromatic rings. The molecule has 0 aromatic heterocycles. The van der Waals surface area contributed by atoms with E-state index in [0.29, 0.717) is 35.5 Å². The molecule has 204 valence electrons. The van der Waals surface area contributed by atoms with Crippen LogP contribution in [0.25, 0.3) is 0 Å². The summed E-state index contributed by atoms with van der Waals surface area (Å²) in [5.41, 5.74) is -0.0532. The van der Waals surface area contributed by atoms with E-state index in [9.17, 15) is 0 Å². The zero-order valence-corrected chi connectivity index (χ0v) is 27.2. The number of hydrogen-bond acceptors (Lipinski definition) is 4. The molecule has 6 heteroatoms. The van der Waals surface area contributed by atoms with Crippen molar-refractivity contribution >= 4 is 31.9 Å². The second-order valence-electron chi connectivity index (χ2n) is 11.4. The number of ether oxygens (including phenoxy) is 4. The number of hydrogen-bond donors (Lipinski definition) is 0. The largest absolute Gasteiger partial charge is 0.371 e. The third-order valence-electron chi connectivity index (χ3n) is 7.12. The van der Waals surface area contributed by atoms with Gasteiger partial charge in [0.1, 0.15) is 10.0 Å². The fourth-order valence-electron chi connectivity index (χ4n) is 6.60. The SMILES string of the molecule is CC.CC.CC(C)CC12COC(C(Br)O1)C2C(C)C.CC(C)CC12COC(C(Br)O1)C2C(C)C. The van der Waals surface area contributed by atoms with E-state index in [1.807, 2.05) is 27.7 Å². The highest BCUT2D eigenvalue weighted by Crippen LogP contribution is 2.53. The lowest BCUT2D eigenvalue weighted by molar-refractivity contribution is -0.117. The quantitative estimate of drug-likeness (QED) is 0.282.